The molecule has 2 heteroatoms. The first-order valence-corrected chi connectivity index (χ1v) is 4.61. The standard InChI is InChI=1S/C10H16O2/c1-7-3-4-8-5-9(7)12-10(8,2)6-11/h3,8-9,11H,4-6H2,1-2H3/t8-,9-,10-/m0/s1. The van der Waals surface area contributed by atoms with Crippen LogP contribution in [0, 0.1) is 5.92 Å². The molecule has 2 rings (SSSR count). The highest BCUT2D eigenvalue weighted by molar-refractivity contribution is 5.16. The topological polar surface area (TPSA) is 29.5 Å². The van der Waals surface area contributed by atoms with Gasteiger partial charge in [-0.15, -0.1) is 0 Å². The maximum atomic E-state index is 9.21. The molecule has 2 nitrogen and oxygen atoms in total. The summed E-state index contributed by atoms with van der Waals surface area (Å²) in [5, 5.41) is 9.21. The first-order valence-electron chi connectivity index (χ1n) is 4.61. The van der Waals surface area contributed by atoms with Crippen LogP contribution >= 0.6 is 0 Å². The number of hydrogen-bond donors (Lipinski definition) is 1. The Balaban J connectivity index is 2.21. The number of aliphatic hydroxyl groups is 1. The molecule has 0 aromatic rings. The summed E-state index contributed by atoms with van der Waals surface area (Å²) >= 11 is 0. The third-order valence-electron chi connectivity index (χ3n) is 3.32. The highest BCUT2D eigenvalue weighted by Crippen LogP contribution is 2.43. The molecule has 0 amide bonds. The van der Waals surface area contributed by atoms with Crippen LogP contribution in [-0.2, 0) is 4.74 Å². The lowest BCUT2D eigenvalue weighted by molar-refractivity contribution is -0.0642. The molecule has 0 saturated carbocycles. The molecular formula is C10H16O2. The Morgan fingerprint density at radius 1 is 1.75 bits per heavy atom. The van der Waals surface area contributed by atoms with Crippen LogP contribution in [0.5, 0.6) is 0 Å². The van der Waals surface area contributed by atoms with Crippen molar-refractivity contribution in [2.75, 3.05) is 6.61 Å². The summed E-state index contributed by atoms with van der Waals surface area (Å²) in [6, 6.07) is 0. The number of aliphatic hydroxyl groups excluding tert-OH is 1. The Kier molecular flexibility index (Phi) is 1.77. The number of allylic oxidation sites excluding steroid dienone is 1. The number of fused-ring (bicyclic) bond motifs is 2. The van der Waals surface area contributed by atoms with Gasteiger partial charge in [-0.25, -0.2) is 0 Å². The van der Waals surface area contributed by atoms with Crippen molar-refractivity contribution in [3.63, 3.8) is 0 Å². The maximum Gasteiger partial charge on any atom is 0.0924 e. The Labute approximate surface area is 73.2 Å². The van der Waals surface area contributed by atoms with Crippen LogP contribution in [-0.4, -0.2) is 23.4 Å². The fourth-order valence-corrected chi connectivity index (χ4v) is 2.23. The van der Waals surface area contributed by atoms with Gasteiger partial charge in [-0.1, -0.05) is 6.08 Å². The van der Waals surface area contributed by atoms with Crippen LogP contribution in [0.15, 0.2) is 11.6 Å². The van der Waals surface area contributed by atoms with Gasteiger partial charge in [-0.2, -0.15) is 0 Å². The van der Waals surface area contributed by atoms with E-state index in [9.17, 15) is 5.11 Å². The van der Waals surface area contributed by atoms with Gasteiger partial charge >= 0.3 is 0 Å². The van der Waals surface area contributed by atoms with Crippen molar-refractivity contribution in [1.82, 2.24) is 0 Å². The predicted octanol–water partition coefficient (Wildman–Crippen LogP) is 1.49. The zero-order valence-electron chi connectivity index (χ0n) is 7.71. The van der Waals surface area contributed by atoms with Gasteiger partial charge < -0.3 is 9.84 Å². The second-order valence-corrected chi connectivity index (χ2v) is 4.19. The van der Waals surface area contributed by atoms with E-state index in [0.29, 0.717) is 5.92 Å². The highest BCUT2D eigenvalue weighted by Gasteiger charge is 2.46. The van der Waals surface area contributed by atoms with Gasteiger partial charge in [-0.05, 0) is 38.2 Å². The molecule has 0 unspecified atom stereocenters. The molecule has 1 aliphatic heterocycles. The Bertz CT molecular complexity index is 222. The zero-order valence-corrected chi connectivity index (χ0v) is 7.71. The van der Waals surface area contributed by atoms with Gasteiger partial charge in [0.15, 0.2) is 0 Å². The fourth-order valence-electron chi connectivity index (χ4n) is 2.23. The summed E-state index contributed by atoms with van der Waals surface area (Å²) in [6.07, 6.45) is 4.69. The quantitative estimate of drug-likeness (QED) is 0.601. The summed E-state index contributed by atoms with van der Waals surface area (Å²) in [6.45, 7) is 4.28. The van der Waals surface area contributed by atoms with Crippen molar-refractivity contribution in [1.29, 1.82) is 0 Å². The van der Waals surface area contributed by atoms with Crippen LogP contribution in [0.2, 0.25) is 0 Å². The van der Waals surface area contributed by atoms with Crippen molar-refractivity contribution in [3.8, 4) is 0 Å². The molecule has 1 saturated heterocycles. The van der Waals surface area contributed by atoms with Crippen molar-refractivity contribution in [3.05, 3.63) is 11.6 Å². The lowest BCUT2D eigenvalue weighted by Crippen LogP contribution is -2.35. The minimum Gasteiger partial charge on any atom is -0.393 e. The number of hydrogen-bond acceptors (Lipinski definition) is 2. The number of ether oxygens (including phenoxy) is 1. The van der Waals surface area contributed by atoms with Crippen LogP contribution < -0.4 is 0 Å². The molecule has 1 N–H and O–H groups in total. The van der Waals surface area contributed by atoms with E-state index in [-0.39, 0.29) is 18.3 Å². The molecule has 0 spiro atoms. The first-order chi connectivity index (χ1) is 5.65. The minimum absolute atomic E-state index is 0.148. The predicted molar refractivity (Wildman–Crippen MR) is 46.8 cm³/mol. The average molecular weight is 168 g/mol. The highest BCUT2D eigenvalue weighted by atomic mass is 16.5. The van der Waals surface area contributed by atoms with Crippen LogP contribution in [0.1, 0.15) is 26.7 Å². The fraction of sp³-hybridized carbons (Fsp3) is 0.800. The van der Waals surface area contributed by atoms with E-state index in [4.69, 9.17) is 4.74 Å². The SMILES string of the molecule is CC1=CC[C@H]2C[C@@H]1O[C@@]2(C)CO. The average Bonchev–Trinajstić information content (AvgIpc) is 2.35. The van der Waals surface area contributed by atoms with Gasteiger partial charge in [0.05, 0.1) is 18.3 Å². The van der Waals surface area contributed by atoms with Crippen LogP contribution in [0.25, 0.3) is 0 Å². The van der Waals surface area contributed by atoms with Crippen molar-refractivity contribution >= 4 is 0 Å². The first kappa shape index (κ1) is 8.27. The Morgan fingerprint density at radius 3 is 3.08 bits per heavy atom. The molecular weight excluding hydrogens is 152 g/mol. The molecule has 0 aromatic carbocycles. The van der Waals surface area contributed by atoms with Crippen LogP contribution in [0.4, 0.5) is 0 Å². The summed E-state index contributed by atoms with van der Waals surface area (Å²) < 4.78 is 5.82. The Morgan fingerprint density at radius 2 is 2.50 bits per heavy atom. The van der Waals surface area contributed by atoms with Gasteiger partial charge in [0.1, 0.15) is 0 Å². The molecule has 3 atom stereocenters. The summed E-state index contributed by atoms with van der Waals surface area (Å²) in [7, 11) is 0. The molecule has 2 bridgehead atoms. The van der Waals surface area contributed by atoms with Gasteiger partial charge in [-0.3, -0.25) is 0 Å². The smallest absolute Gasteiger partial charge is 0.0924 e. The van der Waals surface area contributed by atoms with Crippen molar-refractivity contribution < 1.29 is 9.84 Å². The maximum absolute atomic E-state index is 9.21. The minimum atomic E-state index is -0.279. The molecule has 68 valence electrons. The van der Waals surface area contributed by atoms with E-state index >= 15 is 0 Å². The normalized spacial score (nSPS) is 46.1. The zero-order chi connectivity index (χ0) is 8.77. The third-order valence-corrected chi connectivity index (χ3v) is 3.32. The molecule has 2 aliphatic rings. The largest absolute Gasteiger partial charge is 0.393 e. The van der Waals surface area contributed by atoms with E-state index in [2.05, 4.69) is 13.0 Å². The van der Waals surface area contributed by atoms with E-state index in [1.54, 1.807) is 0 Å². The van der Waals surface area contributed by atoms with Crippen molar-refractivity contribution in [2.24, 2.45) is 5.92 Å². The van der Waals surface area contributed by atoms with Crippen molar-refractivity contribution in [2.45, 2.75) is 38.4 Å². The monoisotopic (exact) mass is 168 g/mol. The Hall–Kier alpha value is -0.340. The lowest BCUT2D eigenvalue weighted by atomic mass is 9.82. The summed E-state index contributed by atoms with van der Waals surface area (Å²) in [5.41, 5.74) is 1.06. The molecule has 12 heavy (non-hydrogen) atoms. The molecule has 1 heterocycles. The van der Waals surface area contributed by atoms with E-state index in [1.165, 1.54) is 5.57 Å². The number of rotatable bonds is 1. The van der Waals surface area contributed by atoms with Gasteiger partial charge in [0, 0.05) is 0 Å². The summed E-state index contributed by atoms with van der Waals surface area (Å²) in [5.74, 6) is 0.524. The molecule has 0 aromatic heterocycles. The molecule has 1 fully saturated rings. The second-order valence-electron chi connectivity index (χ2n) is 4.19. The van der Waals surface area contributed by atoms with E-state index < -0.39 is 0 Å². The van der Waals surface area contributed by atoms with E-state index in [1.807, 2.05) is 6.92 Å². The lowest BCUT2D eigenvalue weighted by Gasteiger charge is -2.26. The van der Waals surface area contributed by atoms with E-state index in [0.717, 1.165) is 12.8 Å². The third kappa shape index (κ3) is 1.02. The second kappa shape index (κ2) is 2.57. The molecule has 0 radical (unpaired) electrons. The van der Waals surface area contributed by atoms with Gasteiger partial charge in [0.2, 0.25) is 0 Å². The summed E-state index contributed by atoms with van der Waals surface area (Å²) in [4.78, 5) is 0. The van der Waals surface area contributed by atoms with Gasteiger partial charge in [0.25, 0.3) is 0 Å². The molecule has 1 aliphatic carbocycles. The van der Waals surface area contributed by atoms with Crippen LogP contribution in [0.3, 0.4) is 0 Å².